The lowest BCUT2D eigenvalue weighted by molar-refractivity contribution is -0.0498. The van der Waals surface area contributed by atoms with Crippen LogP contribution in [0.25, 0.3) is 0 Å². The number of nitrogens with zero attached hydrogens (tertiary/aromatic N) is 1. The second kappa shape index (κ2) is 5.28. The van der Waals surface area contributed by atoms with Crippen molar-refractivity contribution >= 4 is 0 Å². The van der Waals surface area contributed by atoms with Crippen LogP contribution in [0.4, 0.5) is 8.78 Å². The normalized spacial score (nSPS) is 21.8. The van der Waals surface area contributed by atoms with Crippen LogP contribution in [0.3, 0.4) is 0 Å². The predicted molar refractivity (Wildman–Crippen MR) is 65.9 cm³/mol. The maximum atomic E-state index is 13.1. The fraction of sp³-hybridized carbons (Fsp3) is 0.615. The zero-order valence-electron chi connectivity index (χ0n) is 10.5. The molecule has 1 unspecified atom stereocenters. The van der Waals surface area contributed by atoms with E-state index in [0.717, 1.165) is 11.1 Å². The lowest BCUT2D eigenvalue weighted by Crippen LogP contribution is -2.37. The summed E-state index contributed by atoms with van der Waals surface area (Å²) in [6, 6.07) is 1.91. The van der Waals surface area contributed by atoms with Crippen molar-refractivity contribution in [2.45, 2.75) is 44.6 Å². The Morgan fingerprint density at radius 1 is 1.39 bits per heavy atom. The number of hydrogen-bond donors (Lipinski definition) is 2. The fourth-order valence-corrected chi connectivity index (χ4v) is 2.65. The molecule has 1 aromatic heterocycles. The standard InChI is InChI=1S/C13H19F2N3/c1-9-6-11(8-17-7-9)12(18-16)10-2-4-13(14,15)5-3-10/h6-8,10,12,18H,2-5,16H2,1H3. The summed E-state index contributed by atoms with van der Waals surface area (Å²) in [7, 11) is 0. The second-order valence-electron chi connectivity index (χ2n) is 5.13. The van der Waals surface area contributed by atoms with Crippen LogP contribution in [0, 0.1) is 12.8 Å². The fourth-order valence-electron chi connectivity index (χ4n) is 2.65. The number of halogens is 2. The number of aromatic nitrogens is 1. The van der Waals surface area contributed by atoms with Gasteiger partial charge < -0.3 is 0 Å². The molecule has 0 bridgehead atoms. The molecule has 0 amide bonds. The van der Waals surface area contributed by atoms with E-state index in [1.807, 2.05) is 13.0 Å². The zero-order valence-corrected chi connectivity index (χ0v) is 10.5. The maximum Gasteiger partial charge on any atom is 0.248 e. The summed E-state index contributed by atoms with van der Waals surface area (Å²) in [5.74, 6) is 3.24. The summed E-state index contributed by atoms with van der Waals surface area (Å²) in [6.45, 7) is 1.96. The van der Waals surface area contributed by atoms with Gasteiger partial charge in [-0.1, -0.05) is 6.07 Å². The van der Waals surface area contributed by atoms with Crippen molar-refractivity contribution in [3.8, 4) is 0 Å². The molecule has 2 rings (SSSR count). The van der Waals surface area contributed by atoms with Crippen LogP contribution >= 0.6 is 0 Å². The van der Waals surface area contributed by atoms with E-state index in [0.29, 0.717) is 12.8 Å². The summed E-state index contributed by atoms with van der Waals surface area (Å²) in [6.07, 6.45) is 4.42. The lowest BCUT2D eigenvalue weighted by atomic mass is 9.80. The van der Waals surface area contributed by atoms with Crippen LogP contribution < -0.4 is 11.3 Å². The van der Waals surface area contributed by atoms with E-state index >= 15 is 0 Å². The van der Waals surface area contributed by atoms with Crippen molar-refractivity contribution in [3.63, 3.8) is 0 Å². The van der Waals surface area contributed by atoms with Crippen LogP contribution in [0.1, 0.15) is 42.9 Å². The Hall–Kier alpha value is -1.07. The molecule has 0 saturated heterocycles. The minimum absolute atomic E-state index is 0.0465. The van der Waals surface area contributed by atoms with Gasteiger partial charge in [-0.15, -0.1) is 0 Å². The first kappa shape index (κ1) is 13.4. The highest BCUT2D eigenvalue weighted by atomic mass is 19.3. The van der Waals surface area contributed by atoms with Crippen LogP contribution in [-0.2, 0) is 0 Å². The van der Waals surface area contributed by atoms with Gasteiger partial charge in [-0.2, -0.15) is 0 Å². The Labute approximate surface area is 106 Å². The summed E-state index contributed by atoms with van der Waals surface area (Å²) in [5, 5.41) is 0. The summed E-state index contributed by atoms with van der Waals surface area (Å²) in [4.78, 5) is 4.13. The van der Waals surface area contributed by atoms with Gasteiger partial charge in [0.05, 0.1) is 6.04 Å². The van der Waals surface area contributed by atoms with Gasteiger partial charge in [0.2, 0.25) is 5.92 Å². The molecule has 1 saturated carbocycles. The SMILES string of the molecule is Cc1cncc(C(NN)C2CCC(F)(F)CC2)c1. The Morgan fingerprint density at radius 3 is 2.61 bits per heavy atom. The third kappa shape index (κ3) is 3.03. The van der Waals surface area contributed by atoms with Gasteiger partial charge in [-0.3, -0.25) is 16.3 Å². The molecule has 0 radical (unpaired) electrons. The monoisotopic (exact) mass is 255 g/mol. The smallest absolute Gasteiger partial charge is 0.248 e. The Kier molecular flexibility index (Phi) is 3.92. The van der Waals surface area contributed by atoms with Crippen molar-refractivity contribution < 1.29 is 8.78 Å². The average molecular weight is 255 g/mol. The number of pyridine rings is 1. The molecular formula is C13H19F2N3. The Bertz CT molecular complexity index is 399. The summed E-state index contributed by atoms with van der Waals surface area (Å²) >= 11 is 0. The highest BCUT2D eigenvalue weighted by Gasteiger charge is 2.37. The Morgan fingerprint density at radius 2 is 2.06 bits per heavy atom. The predicted octanol–water partition coefficient (Wildman–Crippen LogP) is 2.72. The number of nitrogens with two attached hydrogens (primary N) is 1. The molecule has 1 aliphatic rings. The van der Waals surface area contributed by atoms with Crippen molar-refractivity contribution in [1.29, 1.82) is 0 Å². The zero-order chi connectivity index (χ0) is 13.2. The van der Waals surface area contributed by atoms with E-state index in [1.165, 1.54) is 0 Å². The molecule has 1 heterocycles. The van der Waals surface area contributed by atoms with Crippen LogP contribution in [0.15, 0.2) is 18.5 Å². The van der Waals surface area contributed by atoms with E-state index < -0.39 is 5.92 Å². The molecule has 3 N–H and O–H groups in total. The Balaban J connectivity index is 2.10. The minimum Gasteiger partial charge on any atom is -0.271 e. The molecule has 5 heteroatoms. The van der Waals surface area contributed by atoms with E-state index in [1.54, 1.807) is 12.4 Å². The number of aryl methyl sites for hydroxylation is 1. The van der Waals surface area contributed by atoms with Crippen molar-refractivity contribution in [1.82, 2.24) is 10.4 Å². The molecule has 1 aliphatic carbocycles. The molecule has 0 aromatic carbocycles. The largest absolute Gasteiger partial charge is 0.271 e. The third-order valence-electron chi connectivity index (χ3n) is 3.67. The van der Waals surface area contributed by atoms with Gasteiger partial charge in [0.15, 0.2) is 0 Å². The molecule has 1 aromatic rings. The number of hydrazine groups is 1. The number of nitrogens with one attached hydrogen (secondary N) is 1. The van der Waals surface area contributed by atoms with Crippen molar-refractivity contribution in [2.24, 2.45) is 11.8 Å². The van der Waals surface area contributed by atoms with E-state index in [9.17, 15) is 8.78 Å². The molecular weight excluding hydrogens is 236 g/mol. The second-order valence-corrected chi connectivity index (χ2v) is 5.13. The molecule has 100 valence electrons. The molecule has 1 fully saturated rings. The molecule has 3 nitrogen and oxygen atoms in total. The van der Waals surface area contributed by atoms with Crippen molar-refractivity contribution in [3.05, 3.63) is 29.6 Å². The van der Waals surface area contributed by atoms with Crippen LogP contribution in [-0.4, -0.2) is 10.9 Å². The van der Waals surface area contributed by atoms with Gasteiger partial charge >= 0.3 is 0 Å². The van der Waals surface area contributed by atoms with Gasteiger partial charge in [0.1, 0.15) is 0 Å². The first-order valence-corrected chi connectivity index (χ1v) is 6.27. The molecule has 1 atom stereocenters. The highest BCUT2D eigenvalue weighted by Crippen LogP contribution is 2.41. The molecule has 0 aliphatic heterocycles. The van der Waals surface area contributed by atoms with Crippen LogP contribution in [0.5, 0.6) is 0 Å². The summed E-state index contributed by atoms with van der Waals surface area (Å²) in [5.41, 5.74) is 4.79. The van der Waals surface area contributed by atoms with Gasteiger partial charge in [0.25, 0.3) is 0 Å². The topological polar surface area (TPSA) is 50.9 Å². The minimum atomic E-state index is -2.50. The van der Waals surface area contributed by atoms with Crippen molar-refractivity contribution in [2.75, 3.05) is 0 Å². The van der Waals surface area contributed by atoms with E-state index in [4.69, 9.17) is 5.84 Å². The summed E-state index contributed by atoms with van der Waals surface area (Å²) < 4.78 is 26.3. The van der Waals surface area contributed by atoms with Gasteiger partial charge in [-0.05, 0) is 36.8 Å². The lowest BCUT2D eigenvalue weighted by Gasteiger charge is -2.33. The third-order valence-corrected chi connectivity index (χ3v) is 3.67. The first-order valence-electron chi connectivity index (χ1n) is 6.27. The first-order chi connectivity index (χ1) is 8.52. The maximum absolute atomic E-state index is 13.1. The van der Waals surface area contributed by atoms with Gasteiger partial charge in [-0.25, -0.2) is 8.78 Å². The van der Waals surface area contributed by atoms with E-state index in [2.05, 4.69) is 10.4 Å². The van der Waals surface area contributed by atoms with Crippen LogP contribution in [0.2, 0.25) is 0 Å². The number of alkyl halides is 2. The quantitative estimate of drug-likeness (QED) is 0.645. The van der Waals surface area contributed by atoms with Gasteiger partial charge in [0, 0.05) is 25.2 Å². The number of rotatable bonds is 3. The number of hydrogen-bond acceptors (Lipinski definition) is 3. The van der Waals surface area contributed by atoms with E-state index in [-0.39, 0.29) is 24.8 Å². The molecule has 0 spiro atoms. The highest BCUT2D eigenvalue weighted by molar-refractivity contribution is 5.21. The molecule has 18 heavy (non-hydrogen) atoms. The average Bonchev–Trinajstić information content (AvgIpc) is 2.32.